The molecular weight excluding hydrogens is 362 g/mol. The van der Waals surface area contributed by atoms with E-state index in [0.717, 1.165) is 11.1 Å². The fraction of sp³-hybridized carbons (Fsp3) is 0.0952. The van der Waals surface area contributed by atoms with E-state index in [1.807, 2.05) is 36.4 Å². The van der Waals surface area contributed by atoms with Crippen LogP contribution >= 0.6 is 0 Å². The van der Waals surface area contributed by atoms with Crippen LogP contribution < -0.4 is 4.72 Å². The monoisotopic (exact) mass is 381 g/mol. The van der Waals surface area contributed by atoms with Gasteiger partial charge in [0.05, 0.1) is 4.90 Å². The van der Waals surface area contributed by atoms with Crippen LogP contribution in [0.15, 0.2) is 89.8 Å². The van der Waals surface area contributed by atoms with Gasteiger partial charge >= 0.3 is 5.97 Å². The third-order valence-electron chi connectivity index (χ3n) is 4.14. The van der Waals surface area contributed by atoms with E-state index in [9.17, 15) is 18.3 Å². The van der Waals surface area contributed by atoms with Gasteiger partial charge in [-0.3, -0.25) is 4.79 Å². The average molecular weight is 381 g/mol. The maximum atomic E-state index is 13.0. The molecule has 0 aliphatic carbocycles. The van der Waals surface area contributed by atoms with Crippen molar-refractivity contribution in [2.24, 2.45) is 0 Å². The molecule has 27 heavy (non-hydrogen) atoms. The van der Waals surface area contributed by atoms with Crippen molar-refractivity contribution in [3.8, 4) is 11.1 Å². The standard InChI is InChI=1S/C21H19NO4S/c23-21(24)19(15-16-9-3-1-4-10-16)22-27(25,26)20-14-8-7-13-18(20)17-11-5-2-6-12-17/h1-14,19,22H,15H2,(H,23,24). The van der Waals surface area contributed by atoms with E-state index in [4.69, 9.17) is 0 Å². The molecular formula is C21H19NO4S. The van der Waals surface area contributed by atoms with Crippen LogP contribution in [0.2, 0.25) is 0 Å². The Bertz CT molecular complexity index is 1020. The molecule has 3 aromatic carbocycles. The molecule has 1 atom stereocenters. The van der Waals surface area contributed by atoms with Gasteiger partial charge in [-0.1, -0.05) is 78.9 Å². The fourth-order valence-corrected chi connectivity index (χ4v) is 4.26. The van der Waals surface area contributed by atoms with Gasteiger partial charge in [-0.05, 0) is 23.6 Å². The fourth-order valence-electron chi connectivity index (χ4n) is 2.84. The summed E-state index contributed by atoms with van der Waals surface area (Å²) in [5.74, 6) is -1.22. The molecule has 138 valence electrons. The van der Waals surface area contributed by atoms with E-state index >= 15 is 0 Å². The van der Waals surface area contributed by atoms with Crippen LogP contribution in [0.5, 0.6) is 0 Å². The van der Waals surface area contributed by atoms with Gasteiger partial charge in [0, 0.05) is 5.56 Å². The maximum Gasteiger partial charge on any atom is 0.322 e. The van der Waals surface area contributed by atoms with Crippen molar-refractivity contribution in [2.45, 2.75) is 17.4 Å². The van der Waals surface area contributed by atoms with Gasteiger partial charge in [-0.2, -0.15) is 4.72 Å². The number of hydrogen-bond donors (Lipinski definition) is 2. The minimum absolute atomic E-state index is 0.0514. The first kappa shape index (κ1) is 18.8. The van der Waals surface area contributed by atoms with E-state index in [1.165, 1.54) is 6.07 Å². The lowest BCUT2D eigenvalue weighted by molar-refractivity contribution is -0.138. The van der Waals surface area contributed by atoms with Crippen molar-refractivity contribution in [2.75, 3.05) is 0 Å². The summed E-state index contributed by atoms with van der Waals surface area (Å²) in [5, 5.41) is 9.50. The van der Waals surface area contributed by atoms with Gasteiger partial charge in [-0.25, -0.2) is 8.42 Å². The zero-order chi connectivity index (χ0) is 19.3. The Hall–Kier alpha value is -2.96. The Kier molecular flexibility index (Phi) is 5.69. The van der Waals surface area contributed by atoms with Crippen LogP contribution in [0.1, 0.15) is 5.56 Å². The molecule has 2 N–H and O–H groups in total. The van der Waals surface area contributed by atoms with Crippen molar-refractivity contribution < 1.29 is 18.3 Å². The quantitative estimate of drug-likeness (QED) is 0.658. The van der Waals surface area contributed by atoms with Gasteiger partial charge in [0.15, 0.2) is 0 Å². The number of aliphatic carboxylic acids is 1. The summed E-state index contributed by atoms with van der Waals surface area (Å²) in [5.41, 5.74) is 2.01. The second-order valence-electron chi connectivity index (χ2n) is 6.06. The summed E-state index contributed by atoms with van der Waals surface area (Å²) in [7, 11) is -4.03. The Morgan fingerprint density at radius 3 is 2.04 bits per heavy atom. The molecule has 0 spiro atoms. The molecule has 0 saturated carbocycles. The summed E-state index contributed by atoms with van der Waals surface area (Å²) in [6.45, 7) is 0. The molecule has 0 aliphatic rings. The van der Waals surface area contributed by atoms with Crippen LogP contribution in [0.4, 0.5) is 0 Å². The van der Waals surface area contributed by atoms with E-state index in [-0.39, 0.29) is 11.3 Å². The minimum Gasteiger partial charge on any atom is -0.480 e. The normalized spacial score (nSPS) is 12.4. The molecule has 0 fully saturated rings. The molecule has 3 rings (SSSR count). The number of hydrogen-bond acceptors (Lipinski definition) is 3. The SMILES string of the molecule is O=C(O)C(Cc1ccccc1)NS(=O)(=O)c1ccccc1-c1ccccc1. The summed E-state index contributed by atoms with van der Waals surface area (Å²) in [6.07, 6.45) is 0.0584. The lowest BCUT2D eigenvalue weighted by atomic mass is 10.1. The highest BCUT2D eigenvalue weighted by Crippen LogP contribution is 2.27. The highest BCUT2D eigenvalue weighted by atomic mass is 32.2. The van der Waals surface area contributed by atoms with Crippen LogP contribution in [0.25, 0.3) is 11.1 Å². The second-order valence-corrected chi connectivity index (χ2v) is 7.75. The third-order valence-corrected chi connectivity index (χ3v) is 5.67. The summed E-state index contributed by atoms with van der Waals surface area (Å²) in [4.78, 5) is 11.7. The average Bonchev–Trinajstić information content (AvgIpc) is 2.69. The molecule has 6 heteroatoms. The number of rotatable bonds is 7. The van der Waals surface area contributed by atoms with Crippen LogP contribution in [-0.4, -0.2) is 25.5 Å². The Morgan fingerprint density at radius 1 is 0.852 bits per heavy atom. The van der Waals surface area contributed by atoms with E-state index in [1.54, 1.807) is 42.5 Å². The van der Waals surface area contributed by atoms with Gasteiger partial charge in [0.25, 0.3) is 0 Å². The first-order valence-corrected chi connectivity index (χ1v) is 9.89. The first-order chi connectivity index (χ1) is 13.0. The molecule has 0 radical (unpaired) electrons. The number of carbonyl (C=O) groups is 1. The Balaban J connectivity index is 1.93. The molecule has 0 aromatic heterocycles. The van der Waals surface area contributed by atoms with Crippen molar-refractivity contribution in [3.05, 3.63) is 90.5 Å². The molecule has 5 nitrogen and oxygen atoms in total. The number of benzene rings is 3. The summed E-state index contributed by atoms with van der Waals surface area (Å²) in [6, 6.07) is 23.3. The first-order valence-electron chi connectivity index (χ1n) is 8.41. The van der Waals surface area contributed by atoms with Crippen LogP contribution in [0.3, 0.4) is 0 Å². The molecule has 0 aliphatic heterocycles. The minimum atomic E-state index is -4.03. The van der Waals surface area contributed by atoms with E-state index in [0.29, 0.717) is 5.56 Å². The molecule has 0 amide bonds. The predicted octanol–water partition coefficient (Wildman–Crippen LogP) is 3.33. The van der Waals surface area contributed by atoms with Crippen molar-refractivity contribution >= 4 is 16.0 Å². The van der Waals surface area contributed by atoms with E-state index < -0.39 is 22.0 Å². The lowest BCUT2D eigenvalue weighted by Gasteiger charge is -2.17. The zero-order valence-corrected chi connectivity index (χ0v) is 15.3. The summed E-state index contributed by atoms with van der Waals surface area (Å²) >= 11 is 0. The van der Waals surface area contributed by atoms with Crippen LogP contribution in [-0.2, 0) is 21.2 Å². The molecule has 0 bridgehead atoms. The Morgan fingerprint density at radius 2 is 1.41 bits per heavy atom. The zero-order valence-electron chi connectivity index (χ0n) is 14.4. The molecule has 0 heterocycles. The predicted molar refractivity (Wildman–Crippen MR) is 104 cm³/mol. The van der Waals surface area contributed by atoms with Crippen molar-refractivity contribution in [3.63, 3.8) is 0 Å². The second kappa shape index (κ2) is 8.16. The van der Waals surface area contributed by atoms with Gasteiger partial charge in [0.1, 0.15) is 6.04 Å². The topological polar surface area (TPSA) is 83.5 Å². The van der Waals surface area contributed by atoms with E-state index in [2.05, 4.69) is 4.72 Å². The van der Waals surface area contributed by atoms with Crippen molar-refractivity contribution in [1.82, 2.24) is 4.72 Å². The molecule has 0 saturated heterocycles. The van der Waals surface area contributed by atoms with Gasteiger partial charge in [0.2, 0.25) is 10.0 Å². The Labute approximate surface area is 158 Å². The third kappa shape index (κ3) is 4.61. The number of sulfonamides is 1. The number of nitrogens with one attached hydrogen (secondary N) is 1. The molecule has 1 unspecified atom stereocenters. The number of carboxylic acids is 1. The smallest absolute Gasteiger partial charge is 0.322 e. The lowest BCUT2D eigenvalue weighted by Crippen LogP contribution is -2.42. The highest BCUT2D eigenvalue weighted by molar-refractivity contribution is 7.89. The maximum absolute atomic E-state index is 13.0. The number of carboxylic acid groups (broad SMARTS) is 1. The summed E-state index contributed by atoms with van der Waals surface area (Å²) < 4.78 is 28.3. The highest BCUT2D eigenvalue weighted by Gasteiger charge is 2.27. The van der Waals surface area contributed by atoms with Gasteiger partial charge in [-0.15, -0.1) is 0 Å². The van der Waals surface area contributed by atoms with Gasteiger partial charge < -0.3 is 5.11 Å². The largest absolute Gasteiger partial charge is 0.480 e. The van der Waals surface area contributed by atoms with Crippen molar-refractivity contribution in [1.29, 1.82) is 0 Å². The van der Waals surface area contributed by atoms with Crippen LogP contribution in [0, 0.1) is 0 Å². The molecule has 3 aromatic rings.